The van der Waals surface area contributed by atoms with Crippen molar-refractivity contribution in [2.45, 2.75) is 18.9 Å². The molecule has 0 radical (unpaired) electrons. The van der Waals surface area contributed by atoms with E-state index in [1.54, 1.807) is 7.11 Å². The number of halogens is 1. The number of nitrogens with one attached hydrogen (secondary N) is 1. The van der Waals surface area contributed by atoms with Crippen molar-refractivity contribution in [3.8, 4) is 17.2 Å². The summed E-state index contributed by atoms with van der Waals surface area (Å²) in [5.74, 6) is 2.53. The number of amides is 1. The lowest BCUT2D eigenvalue weighted by Crippen LogP contribution is -2.48. The van der Waals surface area contributed by atoms with E-state index in [9.17, 15) is 4.79 Å². The number of fused-ring (bicyclic) bond motifs is 1. The van der Waals surface area contributed by atoms with Crippen molar-refractivity contribution in [3.05, 3.63) is 53.6 Å². The van der Waals surface area contributed by atoms with E-state index >= 15 is 0 Å². The van der Waals surface area contributed by atoms with Gasteiger partial charge in [0, 0.05) is 31.6 Å². The quantitative estimate of drug-likeness (QED) is 0.808. The number of aryl methyl sites for hydroxylation is 1. The molecule has 6 nitrogen and oxygen atoms in total. The van der Waals surface area contributed by atoms with Crippen LogP contribution in [0.1, 0.15) is 23.6 Å². The van der Waals surface area contributed by atoms with Crippen LogP contribution in [0.25, 0.3) is 0 Å². The van der Waals surface area contributed by atoms with Gasteiger partial charge in [-0.3, -0.25) is 4.79 Å². The third-order valence-electron chi connectivity index (χ3n) is 5.30. The van der Waals surface area contributed by atoms with Gasteiger partial charge in [0.25, 0.3) is 0 Å². The van der Waals surface area contributed by atoms with Gasteiger partial charge in [0.1, 0.15) is 19.0 Å². The van der Waals surface area contributed by atoms with Gasteiger partial charge in [0.15, 0.2) is 11.5 Å². The minimum atomic E-state index is -0.0160. The fraction of sp³-hybridized carbons (Fsp3) is 0.409. The number of hydrogen-bond donors (Lipinski definition) is 1. The smallest absolute Gasteiger partial charge is 0.223 e. The number of rotatable bonds is 5. The highest BCUT2D eigenvalue weighted by molar-refractivity contribution is 5.85. The van der Waals surface area contributed by atoms with Crippen molar-refractivity contribution in [3.63, 3.8) is 0 Å². The number of piperazine rings is 1. The molecule has 156 valence electrons. The minimum Gasteiger partial charge on any atom is -0.496 e. The maximum Gasteiger partial charge on any atom is 0.223 e. The maximum absolute atomic E-state index is 13.0. The molecule has 1 amide bonds. The highest BCUT2D eigenvalue weighted by Gasteiger charge is 2.29. The minimum absolute atomic E-state index is 0. The average Bonchev–Trinajstić information content (AvgIpc) is 2.77. The molecule has 2 aromatic carbocycles. The van der Waals surface area contributed by atoms with Gasteiger partial charge in [0.05, 0.1) is 13.2 Å². The lowest BCUT2D eigenvalue weighted by Gasteiger charge is -2.37. The Morgan fingerprint density at radius 1 is 1.17 bits per heavy atom. The van der Waals surface area contributed by atoms with E-state index in [-0.39, 0.29) is 24.4 Å². The summed E-state index contributed by atoms with van der Waals surface area (Å²) in [7, 11) is 1.67. The molecule has 0 aliphatic carbocycles. The first kappa shape index (κ1) is 21.3. The average molecular weight is 419 g/mol. The highest BCUT2D eigenvalue weighted by Crippen LogP contribution is 2.32. The van der Waals surface area contributed by atoms with Crippen LogP contribution in [0, 0.1) is 0 Å². The van der Waals surface area contributed by atoms with Gasteiger partial charge < -0.3 is 24.4 Å². The fourth-order valence-electron chi connectivity index (χ4n) is 3.86. The maximum atomic E-state index is 13.0. The molecule has 1 unspecified atom stereocenters. The van der Waals surface area contributed by atoms with Gasteiger partial charge in [-0.2, -0.15) is 0 Å². The molecule has 1 atom stereocenters. The number of methoxy groups -OCH3 is 1. The van der Waals surface area contributed by atoms with Gasteiger partial charge >= 0.3 is 0 Å². The summed E-state index contributed by atoms with van der Waals surface area (Å²) in [5, 5.41) is 3.40. The van der Waals surface area contributed by atoms with E-state index < -0.39 is 0 Å². The Morgan fingerprint density at radius 3 is 2.79 bits per heavy atom. The van der Waals surface area contributed by atoms with Crippen molar-refractivity contribution in [1.82, 2.24) is 10.2 Å². The first-order valence-corrected chi connectivity index (χ1v) is 9.78. The topological polar surface area (TPSA) is 60.0 Å². The number of ether oxygens (including phenoxy) is 3. The Labute approximate surface area is 177 Å². The number of carbonyl (C=O) groups excluding carboxylic acids is 1. The van der Waals surface area contributed by atoms with Crippen LogP contribution in [0.4, 0.5) is 0 Å². The van der Waals surface area contributed by atoms with Gasteiger partial charge in [-0.15, -0.1) is 12.4 Å². The van der Waals surface area contributed by atoms with E-state index in [1.165, 1.54) is 0 Å². The van der Waals surface area contributed by atoms with E-state index in [1.807, 2.05) is 47.4 Å². The Kier molecular flexibility index (Phi) is 7.23. The molecule has 2 aliphatic heterocycles. The Bertz CT molecular complexity index is 845. The molecule has 1 N–H and O–H groups in total. The van der Waals surface area contributed by atoms with E-state index in [4.69, 9.17) is 14.2 Å². The molecule has 0 saturated carbocycles. The number of para-hydroxylation sites is 1. The monoisotopic (exact) mass is 418 g/mol. The molecule has 2 heterocycles. The predicted molar refractivity (Wildman–Crippen MR) is 113 cm³/mol. The van der Waals surface area contributed by atoms with Crippen molar-refractivity contribution in [2.24, 2.45) is 0 Å². The second-order valence-electron chi connectivity index (χ2n) is 7.03. The van der Waals surface area contributed by atoms with Gasteiger partial charge in [0.2, 0.25) is 5.91 Å². The normalized spacial score (nSPS) is 18.0. The number of nitrogens with zero attached hydrogens (tertiary/aromatic N) is 1. The zero-order chi connectivity index (χ0) is 19.3. The molecule has 2 aliphatic rings. The number of hydrogen-bond acceptors (Lipinski definition) is 5. The summed E-state index contributed by atoms with van der Waals surface area (Å²) >= 11 is 0. The molecule has 0 bridgehead atoms. The summed E-state index contributed by atoms with van der Waals surface area (Å²) in [4.78, 5) is 15.0. The van der Waals surface area contributed by atoms with E-state index in [2.05, 4.69) is 5.32 Å². The second-order valence-corrected chi connectivity index (χ2v) is 7.03. The van der Waals surface area contributed by atoms with E-state index in [0.717, 1.165) is 41.5 Å². The molecule has 1 saturated heterocycles. The Morgan fingerprint density at radius 2 is 1.97 bits per heavy atom. The fourth-order valence-corrected chi connectivity index (χ4v) is 3.86. The SMILES string of the molecule is COc1ccccc1C1CNCCN1C(=O)CCc1ccc2c(c1)OCCO2.Cl. The van der Waals surface area contributed by atoms with Crippen LogP contribution >= 0.6 is 12.4 Å². The summed E-state index contributed by atoms with van der Waals surface area (Å²) in [6.45, 7) is 3.38. The van der Waals surface area contributed by atoms with Crippen LogP contribution in [0.2, 0.25) is 0 Å². The molecular formula is C22H27ClN2O4. The molecule has 2 aromatic rings. The van der Waals surface area contributed by atoms with Crippen LogP contribution < -0.4 is 19.5 Å². The summed E-state index contributed by atoms with van der Waals surface area (Å²) in [6.07, 6.45) is 1.14. The second kappa shape index (κ2) is 9.85. The van der Waals surface area contributed by atoms with Crippen molar-refractivity contribution in [1.29, 1.82) is 0 Å². The third-order valence-corrected chi connectivity index (χ3v) is 5.30. The third kappa shape index (κ3) is 4.77. The van der Waals surface area contributed by atoms with Gasteiger partial charge in [-0.05, 0) is 30.2 Å². The largest absolute Gasteiger partial charge is 0.496 e. The van der Waals surface area contributed by atoms with Crippen molar-refractivity contribution < 1.29 is 19.0 Å². The standard InChI is InChI=1S/C22H26N2O4.ClH/c1-26-19-5-3-2-4-17(19)18-15-23-10-11-24(18)22(25)9-7-16-6-8-20-21(14-16)28-13-12-27-20;/h2-6,8,14,18,23H,7,9-13,15H2,1H3;1H. The summed E-state index contributed by atoms with van der Waals surface area (Å²) in [6, 6.07) is 13.8. The van der Waals surface area contributed by atoms with Crippen LogP contribution in [0.3, 0.4) is 0 Å². The summed E-state index contributed by atoms with van der Waals surface area (Å²) < 4.78 is 16.7. The van der Waals surface area contributed by atoms with Crippen molar-refractivity contribution in [2.75, 3.05) is 40.0 Å². The Hall–Kier alpha value is -2.44. The van der Waals surface area contributed by atoms with Crippen LogP contribution in [-0.4, -0.2) is 50.8 Å². The predicted octanol–water partition coefficient (Wildman–Crippen LogP) is 2.99. The van der Waals surface area contributed by atoms with Crippen LogP contribution in [0.15, 0.2) is 42.5 Å². The lowest BCUT2D eigenvalue weighted by atomic mass is 10.0. The van der Waals surface area contributed by atoms with Gasteiger partial charge in [-0.25, -0.2) is 0 Å². The van der Waals surface area contributed by atoms with Crippen LogP contribution in [-0.2, 0) is 11.2 Å². The molecule has 4 rings (SSSR count). The first-order chi connectivity index (χ1) is 13.8. The summed E-state index contributed by atoms with van der Waals surface area (Å²) in [5.41, 5.74) is 2.13. The molecule has 1 fully saturated rings. The van der Waals surface area contributed by atoms with Gasteiger partial charge in [-0.1, -0.05) is 24.3 Å². The highest BCUT2D eigenvalue weighted by atomic mass is 35.5. The number of benzene rings is 2. The zero-order valence-electron chi connectivity index (χ0n) is 16.6. The molecular weight excluding hydrogens is 392 g/mol. The molecule has 29 heavy (non-hydrogen) atoms. The van der Waals surface area contributed by atoms with Crippen molar-refractivity contribution >= 4 is 18.3 Å². The molecule has 7 heteroatoms. The zero-order valence-corrected chi connectivity index (χ0v) is 17.4. The number of carbonyl (C=O) groups is 1. The molecule has 0 spiro atoms. The first-order valence-electron chi connectivity index (χ1n) is 9.78. The molecule has 0 aromatic heterocycles. The Balaban J connectivity index is 0.00000240. The van der Waals surface area contributed by atoms with E-state index in [0.29, 0.717) is 32.6 Å². The van der Waals surface area contributed by atoms with Crippen LogP contribution in [0.5, 0.6) is 17.2 Å². The lowest BCUT2D eigenvalue weighted by molar-refractivity contribution is -0.134.